The smallest absolute Gasteiger partial charge is 0.00649 e. The van der Waals surface area contributed by atoms with Gasteiger partial charge in [-0.25, -0.2) is 0 Å². The van der Waals surface area contributed by atoms with Crippen LogP contribution in [0.3, 0.4) is 0 Å². The highest BCUT2D eigenvalue weighted by Crippen LogP contribution is 2.20. The van der Waals surface area contributed by atoms with E-state index in [1.165, 1.54) is 71.1 Å². The Balaban J connectivity index is 2.06. The van der Waals surface area contributed by atoms with Crippen LogP contribution in [0.1, 0.15) is 65.7 Å². The number of nitrogens with zero attached hydrogens (tertiary/aromatic N) is 1. The Morgan fingerprint density at radius 2 is 1.89 bits per heavy atom. The van der Waals surface area contributed by atoms with Gasteiger partial charge in [0.2, 0.25) is 0 Å². The first-order valence-electron chi connectivity index (χ1n) is 8.25. The standard InChI is InChI=1S/C16H34N2/c1-4-11-17-16(6-3)8-7-12-18-13-9-15(5-2)10-14-18/h15-17H,4-14H2,1-3H3. The largest absolute Gasteiger partial charge is 0.314 e. The summed E-state index contributed by atoms with van der Waals surface area (Å²) in [6, 6.07) is 0.748. The van der Waals surface area contributed by atoms with Crippen LogP contribution in [0.25, 0.3) is 0 Å². The van der Waals surface area contributed by atoms with Gasteiger partial charge in [0.15, 0.2) is 0 Å². The van der Waals surface area contributed by atoms with E-state index in [4.69, 9.17) is 0 Å². The highest BCUT2D eigenvalue weighted by Gasteiger charge is 2.17. The SMILES string of the molecule is CCCNC(CC)CCCN1CCC(CC)CC1. The Kier molecular flexibility index (Phi) is 8.70. The van der Waals surface area contributed by atoms with Crippen molar-refractivity contribution in [1.29, 1.82) is 0 Å². The molecule has 1 heterocycles. The van der Waals surface area contributed by atoms with Crippen LogP contribution in [0.5, 0.6) is 0 Å². The van der Waals surface area contributed by atoms with Gasteiger partial charge >= 0.3 is 0 Å². The second-order valence-corrected chi connectivity index (χ2v) is 5.89. The van der Waals surface area contributed by atoms with Gasteiger partial charge < -0.3 is 10.2 Å². The van der Waals surface area contributed by atoms with Gasteiger partial charge in [-0.05, 0) is 70.6 Å². The molecule has 2 nitrogen and oxygen atoms in total. The molecule has 108 valence electrons. The van der Waals surface area contributed by atoms with Crippen LogP contribution in [-0.4, -0.2) is 37.1 Å². The molecule has 1 aliphatic heterocycles. The number of likely N-dealkylation sites (tertiary alicyclic amines) is 1. The molecule has 0 spiro atoms. The van der Waals surface area contributed by atoms with E-state index < -0.39 is 0 Å². The molecule has 0 radical (unpaired) electrons. The molecule has 1 saturated heterocycles. The minimum absolute atomic E-state index is 0.748. The van der Waals surface area contributed by atoms with Crippen molar-refractivity contribution < 1.29 is 0 Å². The van der Waals surface area contributed by atoms with Gasteiger partial charge in [-0.2, -0.15) is 0 Å². The summed E-state index contributed by atoms with van der Waals surface area (Å²) in [5.74, 6) is 1.01. The highest BCUT2D eigenvalue weighted by atomic mass is 15.1. The molecule has 18 heavy (non-hydrogen) atoms. The second kappa shape index (κ2) is 9.80. The maximum Gasteiger partial charge on any atom is 0.00649 e. The zero-order valence-electron chi connectivity index (χ0n) is 12.9. The third kappa shape index (κ3) is 6.19. The van der Waals surface area contributed by atoms with Crippen LogP contribution in [0, 0.1) is 5.92 Å². The van der Waals surface area contributed by atoms with Gasteiger partial charge in [0.1, 0.15) is 0 Å². The van der Waals surface area contributed by atoms with Gasteiger partial charge in [0.25, 0.3) is 0 Å². The van der Waals surface area contributed by atoms with Crippen molar-refractivity contribution in [2.45, 2.75) is 71.8 Å². The van der Waals surface area contributed by atoms with E-state index in [1.807, 2.05) is 0 Å². The molecule has 1 fully saturated rings. The van der Waals surface area contributed by atoms with E-state index in [-0.39, 0.29) is 0 Å². The number of rotatable bonds is 9. The minimum atomic E-state index is 0.748. The van der Waals surface area contributed by atoms with Crippen LogP contribution in [0.15, 0.2) is 0 Å². The van der Waals surface area contributed by atoms with Crippen LogP contribution >= 0.6 is 0 Å². The van der Waals surface area contributed by atoms with Crippen molar-refractivity contribution in [2.75, 3.05) is 26.2 Å². The molecule has 0 saturated carbocycles. The molecule has 0 amide bonds. The van der Waals surface area contributed by atoms with E-state index in [2.05, 4.69) is 31.0 Å². The molecule has 0 aromatic heterocycles. The molecule has 1 aliphatic rings. The lowest BCUT2D eigenvalue weighted by atomic mass is 9.94. The van der Waals surface area contributed by atoms with Crippen molar-refractivity contribution in [2.24, 2.45) is 5.92 Å². The monoisotopic (exact) mass is 254 g/mol. The lowest BCUT2D eigenvalue weighted by Gasteiger charge is -2.31. The quantitative estimate of drug-likeness (QED) is 0.675. The summed E-state index contributed by atoms with van der Waals surface area (Å²) in [7, 11) is 0. The second-order valence-electron chi connectivity index (χ2n) is 5.89. The topological polar surface area (TPSA) is 15.3 Å². The molecule has 0 bridgehead atoms. The first-order chi connectivity index (χ1) is 8.80. The minimum Gasteiger partial charge on any atom is -0.314 e. The van der Waals surface area contributed by atoms with Crippen molar-refractivity contribution in [1.82, 2.24) is 10.2 Å². The van der Waals surface area contributed by atoms with Gasteiger partial charge in [-0.1, -0.05) is 27.2 Å². The van der Waals surface area contributed by atoms with E-state index in [0.717, 1.165) is 12.0 Å². The van der Waals surface area contributed by atoms with Gasteiger partial charge in [-0.3, -0.25) is 0 Å². The molecular formula is C16H34N2. The van der Waals surface area contributed by atoms with Crippen molar-refractivity contribution in [3.63, 3.8) is 0 Å². The van der Waals surface area contributed by atoms with Crippen LogP contribution in [0.2, 0.25) is 0 Å². The van der Waals surface area contributed by atoms with Gasteiger partial charge in [0.05, 0.1) is 0 Å². The Morgan fingerprint density at radius 3 is 2.44 bits per heavy atom. The summed E-state index contributed by atoms with van der Waals surface area (Å²) in [5.41, 5.74) is 0. The van der Waals surface area contributed by atoms with Gasteiger partial charge in [-0.15, -0.1) is 0 Å². The summed E-state index contributed by atoms with van der Waals surface area (Å²) >= 11 is 0. The molecular weight excluding hydrogens is 220 g/mol. The fourth-order valence-electron chi connectivity index (χ4n) is 2.98. The third-order valence-electron chi connectivity index (χ3n) is 4.49. The Labute approximate surface area is 115 Å². The number of hydrogen-bond acceptors (Lipinski definition) is 2. The van der Waals surface area contributed by atoms with Crippen molar-refractivity contribution in [3.8, 4) is 0 Å². The van der Waals surface area contributed by atoms with E-state index in [1.54, 1.807) is 0 Å². The lowest BCUT2D eigenvalue weighted by molar-refractivity contribution is 0.177. The van der Waals surface area contributed by atoms with E-state index in [9.17, 15) is 0 Å². The molecule has 0 aromatic rings. The summed E-state index contributed by atoms with van der Waals surface area (Å²) in [5, 5.41) is 3.65. The van der Waals surface area contributed by atoms with E-state index >= 15 is 0 Å². The Bertz CT molecular complexity index is 186. The lowest BCUT2D eigenvalue weighted by Crippen LogP contribution is -2.35. The normalized spacial score (nSPS) is 20.2. The maximum atomic E-state index is 3.65. The van der Waals surface area contributed by atoms with E-state index in [0.29, 0.717) is 0 Å². The first kappa shape index (κ1) is 16.0. The third-order valence-corrected chi connectivity index (χ3v) is 4.49. The molecule has 1 atom stereocenters. The average Bonchev–Trinajstić information content (AvgIpc) is 2.43. The summed E-state index contributed by atoms with van der Waals surface area (Å²) in [6.45, 7) is 12.1. The molecule has 2 heteroatoms. The van der Waals surface area contributed by atoms with Crippen molar-refractivity contribution in [3.05, 3.63) is 0 Å². The maximum absolute atomic E-state index is 3.65. The summed E-state index contributed by atoms with van der Waals surface area (Å²) in [6.07, 6.45) is 9.49. The fourth-order valence-corrected chi connectivity index (χ4v) is 2.98. The van der Waals surface area contributed by atoms with Crippen LogP contribution in [0.4, 0.5) is 0 Å². The molecule has 1 unspecified atom stereocenters. The molecule has 1 N–H and O–H groups in total. The number of piperidine rings is 1. The van der Waals surface area contributed by atoms with Crippen LogP contribution < -0.4 is 5.32 Å². The van der Waals surface area contributed by atoms with Gasteiger partial charge in [0, 0.05) is 6.04 Å². The zero-order chi connectivity index (χ0) is 13.2. The molecule has 0 aliphatic carbocycles. The highest BCUT2D eigenvalue weighted by molar-refractivity contribution is 4.72. The summed E-state index contributed by atoms with van der Waals surface area (Å²) < 4.78 is 0. The zero-order valence-corrected chi connectivity index (χ0v) is 12.9. The Hall–Kier alpha value is -0.0800. The van der Waals surface area contributed by atoms with Crippen LogP contribution in [-0.2, 0) is 0 Å². The average molecular weight is 254 g/mol. The number of nitrogens with one attached hydrogen (secondary N) is 1. The summed E-state index contributed by atoms with van der Waals surface area (Å²) in [4.78, 5) is 2.68. The fraction of sp³-hybridized carbons (Fsp3) is 1.00. The van der Waals surface area contributed by atoms with Crippen molar-refractivity contribution >= 4 is 0 Å². The molecule has 0 aromatic carbocycles. The predicted octanol–water partition coefficient (Wildman–Crippen LogP) is 3.67. The predicted molar refractivity (Wildman–Crippen MR) is 81.1 cm³/mol. The molecule has 1 rings (SSSR count). The Morgan fingerprint density at radius 1 is 1.17 bits per heavy atom. The first-order valence-corrected chi connectivity index (χ1v) is 8.25. The number of hydrogen-bond donors (Lipinski definition) is 1.